The van der Waals surface area contributed by atoms with Crippen LogP contribution in [-0.4, -0.2) is 16.8 Å². The zero-order chi connectivity index (χ0) is 6.85. The Morgan fingerprint density at radius 2 is 2.09 bits per heavy atom. The lowest BCUT2D eigenvalue weighted by molar-refractivity contribution is 0.757. The standard InChI is InChI=1S/C5H10N4.2ClH/c1-8-4-3-5(7-8)9(2)6;;/h3-4H,6H2,1-2H3;2*1H. The minimum Gasteiger partial charge on any atom is -0.297 e. The van der Waals surface area contributed by atoms with Gasteiger partial charge in [-0.3, -0.25) is 9.69 Å². The summed E-state index contributed by atoms with van der Waals surface area (Å²) in [6, 6.07) is 1.85. The van der Waals surface area contributed by atoms with Gasteiger partial charge in [-0.25, -0.2) is 5.84 Å². The predicted molar refractivity (Wildman–Crippen MR) is 50.3 cm³/mol. The molecule has 1 heterocycles. The smallest absolute Gasteiger partial charge is 0.164 e. The molecule has 0 bridgehead atoms. The first-order chi connectivity index (χ1) is 4.20. The van der Waals surface area contributed by atoms with Crippen LogP contribution in [0.4, 0.5) is 5.82 Å². The van der Waals surface area contributed by atoms with E-state index < -0.39 is 0 Å². The first kappa shape index (κ1) is 13.2. The van der Waals surface area contributed by atoms with Gasteiger partial charge in [-0.15, -0.1) is 24.8 Å². The van der Waals surface area contributed by atoms with Crippen molar-refractivity contribution in [2.75, 3.05) is 12.1 Å². The summed E-state index contributed by atoms with van der Waals surface area (Å²) in [4.78, 5) is 0. The van der Waals surface area contributed by atoms with Crippen LogP contribution in [0.2, 0.25) is 0 Å². The third kappa shape index (κ3) is 3.46. The molecular weight excluding hydrogens is 187 g/mol. The van der Waals surface area contributed by atoms with Crippen molar-refractivity contribution in [3.05, 3.63) is 12.3 Å². The number of anilines is 1. The number of hydrogen-bond donors (Lipinski definition) is 1. The van der Waals surface area contributed by atoms with E-state index in [-0.39, 0.29) is 24.8 Å². The fraction of sp³-hybridized carbons (Fsp3) is 0.400. The van der Waals surface area contributed by atoms with Gasteiger partial charge < -0.3 is 0 Å². The highest BCUT2D eigenvalue weighted by molar-refractivity contribution is 5.85. The molecule has 0 aliphatic rings. The van der Waals surface area contributed by atoms with Gasteiger partial charge in [0.25, 0.3) is 0 Å². The van der Waals surface area contributed by atoms with Crippen LogP contribution < -0.4 is 10.9 Å². The summed E-state index contributed by atoms with van der Waals surface area (Å²) in [7, 11) is 3.61. The molecule has 1 rings (SSSR count). The SMILES string of the molecule is CN(N)c1ccn(C)n1.Cl.Cl. The number of nitrogens with zero attached hydrogens (tertiary/aromatic N) is 3. The zero-order valence-electron chi connectivity index (χ0n) is 6.39. The van der Waals surface area contributed by atoms with Crippen molar-refractivity contribution in [2.24, 2.45) is 12.9 Å². The molecule has 11 heavy (non-hydrogen) atoms. The van der Waals surface area contributed by atoms with Crippen LogP contribution in [-0.2, 0) is 7.05 Å². The molecule has 0 spiro atoms. The minimum atomic E-state index is 0. The van der Waals surface area contributed by atoms with E-state index in [1.54, 1.807) is 11.7 Å². The summed E-state index contributed by atoms with van der Waals surface area (Å²) >= 11 is 0. The molecule has 0 unspecified atom stereocenters. The molecule has 0 saturated carbocycles. The normalized spacial score (nSPS) is 7.91. The molecule has 0 aliphatic heterocycles. The lowest BCUT2D eigenvalue weighted by atomic mass is 10.6. The van der Waals surface area contributed by atoms with E-state index >= 15 is 0 Å². The van der Waals surface area contributed by atoms with Gasteiger partial charge in [0.15, 0.2) is 5.82 Å². The molecule has 4 nitrogen and oxygen atoms in total. The molecule has 0 atom stereocenters. The van der Waals surface area contributed by atoms with Crippen molar-refractivity contribution in [3.8, 4) is 0 Å². The van der Waals surface area contributed by atoms with Crippen LogP contribution >= 0.6 is 24.8 Å². The molecule has 0 aliphatic carbocycles. The first-order valence-electron chi connectivity index (χ1n) is 2.68. The van der Waals surface area contributed by atoms with Gasteiger partial charge in [0.1, 0.15) is 0 Å². The third-order valence-corrected chi connectivity index (χ3v) is 1.06. The van der Waals surface area contributed by atoms with E-state index in [1.807, 2.05) is 19.3 Å². The molecule has 1 aromatic rings. The molecule has 0 saturated heterocycles. The van der Waals surface area contributed by atoms with E-state index in [9.17, 15) is 0 Å². The summed E-state index contributed by atoms with van der Waals surface area (Å²) in [5, 5.41) is 5.50. The van der Waals surface area contributed by atoms with Crippen molar-refractivity contribution < 1.29 is 0 Å². The van der Waals surface area contributed by atoms with E-state index in [4.69, 9.17) is 5.84 Å². The van der Waals surface area contributed by atoms with Crippen LogP contribution in [0, 0.1) is 0 Å². The number of aryl methyl sites for hydroxylation is 1. The van der Waals surface area contributed by atoms with Gasteiger partial charge in [0.05, 0.1) is 0 Å². The largest absolute Gasteiger partial charge is 0.297 e. The third-order valence-electron chi connectivity index (χ3n) is 1.06. The van der Waals surface area contributed by atoms with Crippen molar-refractivity contribution >= 4 is 30.6 Å². The van der Waals surface area contributed by atoms with Gasteiger partial charge in [0.2, 0.25) is 0 Å². The van der Waals surface area contributed by atoms with Gasteiger partial charge in [-0.05, 0) is 0 Å². The predicted octanol–water partition coefficient (Wildman–Crippen LogP) is 0.574. The average Bonchev–Trinajstić information content (AvgIpc) is 2.14. The van der Waals surface area contributed by atoms with Crippen molar-refractivity contribution in [1.82, 2.24) is 9.78 Å². The first-order valence-corrected chi connectivity index (χ1v) is 2.68. The van der Waals surface area contributed by atoms with E-state index in [2.05, 4.69) is 5.10 Å². The van der Waals surface area contributed by atoms with E-state index in [0.29, 0.717) is 0 Å². The summed E-state index contributed by atoms with van der Waals surface area (Å²) in [6.45, 7) is 0. The second-order valence-corrected chi connectivity index (χ2v) is 1.96. The molecule has 66 valence electrons. The Labute approximate surface area is 78.1 Å². The Bertz CT molecular complexity index is 198. The van der Waals surface area contributed by atoms with Gasteiger partial charge in [-0.1, -0.05) is 0 Å². The second kappa shape index (κ2) is 5.23. The number of aromatic nitrogens is 2. The summed E-state index contributed by atoms with van der Waals surface area (Å²) in [5.41, 5.74) is 0. The van der Waals surface area contributed by atoms with Crippen molar-refractivity contribution in [3.63, 3.8) is 0 Å². The van der Waals surface area contributed by atoms with Crippen molar-refractivity contribution in [2.45, 2.75) is 0 Å². The molecule has 0 radical (unpaired) electrons. The molecular formula is C5H12Cl2N4. The number of nitrogens with two attached hydrogens (primary N) is 1. The monoisotopic (exact) mass is 198 g/mol. The summed E-state index contributed by atoms with van der Waals surface area (Å²) < 4.78 is 1.71. The quantitative estimate of drug-likeness (QED) is 0.531. The Kier molecular flexibility index (Phi) is 6.26. The molecule has 1 aromatic heterocycles. The van der Waals surface area contributed by atoms with E-state index in [0.717, 1.165) is 5.82 Å². The van der Waals surface area contributed by atoms with E-state index in [1.165, 1.54) is 5.01 Å². The topological polar surface area (TPSA) is 47.1 Å². The minimum absolute atomic E-state index is 0. The molecule has 2 N–H and O–H groups in total. The average molecular weight is 199 g/mol. The fourth-order valence-corrected chi connectivity index (χ4v) is 0.591. The highest BCUT2D eigenvalue weighted by Crippen LogP contribution is 2.01. The Balaban J connectivity index is 0. The fourth-order valence-electron chi connectivity index (χ4n) is 0.591. The molecule has 0 aromatic carbocycles. The second-order valence-electron chi connectivity index (χ2n) is 1.96. The highest BCUT2D eigenvalue weighted by Gasteiger charge is 1.95. The van der Waals surface area contributed by atoms with Crippen LogP contribution in [0.3, 0.4) is 0 Å². The number of rotatable bonds is 1. The Morgan fingerprint density at radius 1 is 1.55 bits per heavy atom. The maximum atomic E-state index is 5.38. The lowest BCUT2D eigenvalue weighted by Gasteiger charge is -2.05. The highest BCUT2D eigenvalue weighted by atomic mass is 35.5. The van der Waals surface area contributed by atoms with Gasteiger partial charge >= 0.3 is 0 Å². The van der Waals surface area contributed by atoms with Crippen molar-refractivity contribution in [1.29, 1.82) is 0 Å². The Morgan fingerprint density at radius 3 is 2.27 bits per heavy atom. The van der Waals surface area contributed by atoms with Gasteiger partial charge in [0, 0.05) is 26.4 Å². The molecule has 0 fully saturated rings. The van der Waals surface area contributed by atoms with Crippen LogP contribution in [0.25, 0.3) is 0 Å². The number of halogens is 2. The number of hydrogen-bond acceptors (Lipinski definition) is 3. The molecule has 0 amide bonds. The lowest BCUT2D eigenvalue weighted by Crippen LogP contribution is -2.25. The summed E-state index contributed by atoms with van der Waals surface area (Å²) in [6.07, 6.45) is 1.85. The van der Waals surface area contributed by atoms with Crippen LogP contribution in [0.1, 0.15) is 0 Å². The maximum absolute atomic E-state index is 5.38. The van der Waals surface area contributed by atoms with Crippen LogP contribution in [0.15, 0.2) is 12.3 Å². The number of hydrazine groups is 1. The maximum Gasteiger partial charge on any atom is 0.164 e. The molecule has 6 heteroatoms. The zero-order valence-corrected chi connectivity index (χ0v) is 8.02. The Hall–Kier alpha value is -0.450. The summed E-state index contributed by atoms with van der Waals surface area (Å²) in [5.74, 6) is 6.16. The van der Waals surface area contributed by atoms with Gasteiger partial charge in [-0.2, -0.15) is 5.10 Å². The van der Waals surface area contributed by atoms with Crippen LogP contribution in [0.5, 0.6) is 0 Å².